The number of hydrogen-bond donors (Lipinski definition) is 2. The van der Waals surface area contributed by atoms with Gasteiger partial charge in [-0.15, -0.1) is 0 Å². The fourth-order valence-corrected chi connectivity index (χ4v) is 3.19. The lowest BCUT2D eigenvalue weighted by molar-refractivity contribution is -0.127. The van der Waals surface area contributed by atoms with Crippen LogP contribution in [0.5, 0.6) is 5.75 Å². The molecule has 0 bridgehead atoms. The minimum absolute atomic E-state index is 0.150. The first-order valence-corrected chi connectivity index (χ1v) is 9.48. The summed E-state index contributed by atoms with van der Waals surface area (Å²) in [5.74, 6) is 0.245. The number of imide groups is 1. The van der Waals surface area contributed by atoms with Gasteiger partial charge >= 0.3 is 6.03 Å². The monoisotopic (exact) mass is 396 g/mol. The molecule has 1 aliphatic rings. The number of para-hydroxylation sites is 1. The zero-order chi connectivity index (χ0) is 20.6. The Labute approximate surface area is 169 Å². The number of pyridine rings is 1. The number of carbonyl (C=O) groups excluding carboxylic acids is 3. The van der Waals surface area contributed by atoms with Gasteiger partial charge in [0.2, 0.25) is 5.91 Å². The zero-order valence-corrected chi connectivity index (χ0v) is 16.3. The standard InChI is InChI=1S/C21H24N4O4/c1-29-18-7-3-2-6-16(18)10-12-25-20(27)17(24-21(25)28)8-9-19(26)23-14-15-5-4-11-22-13-15/h2-7,11,13,17H,8-10,12,14H2,1H3,(H,23,26)(H,24,28). The molecule has 1 unspecified atom stereocenters. The van der Waals surface area contributed by atoms with Crippen LogP contribution in [-0.2, 0) is 22.6 Å². The summed E-state index contributed by atoms with van der Waals surface area (Å²) in [5.41, 5.74) is 1.82. The molecule has 2 heterocycles. The predicted octanol–water partition coefficient (Wildman–Crippen LogP) is 1.65. The molecule has 152 valence electrons. The highest BCUT2D eigenvalue weighted by molar-refractivity contribution is 6.04. The first-order chi connectivity index (χ1) is 14.1. The zero-order valence-electron chi connectivity index (χ0n) is 16.3. The highest BCUT2D eigenvalue weighted by Gasteiger charge is 2.37. The van der Waals surface area contributed by atoms with E-state index in [-0.39, 0.29) is 31.2 Å². The van der Waals surface area contributed by atoms with Crippen molar-refractivity contribution in [3.8, 4) is 5.75 Å². The SMILES string of the molecule is COc1ccccc1CCN1C(=O)NC(CCC(=O)NCc2cccnc2)C1=O. The molecule has 0 aliphatic carbocycles. The van der Waals surface area contributed by atoms with Crippen LogP contribution in [0.2, 0.25) is 0 Å². The van der Waals surface area contributed by atoms with Crippen LogP contribution in [0.15, 0.2) is 48.8 Å². The summed E-state index contributed by atoms with van der Waals surface area (Å²) in [7, 11) is 1.59. The first-order valence-electron chi connectivity index (χ1n) is 9.48. The van der Waals surface area contributed by atoms with Gasteiger partial charge in [-0.2, -0.15) is 0 Å². The van der Waals surface area contributed by atoms with Crippen molar-refractivity contribution < 1.29 is 19.1 Å². The highest BCUT2D eigenvalue weighted by Crippen LogP contribution is 2.19. The van der Waals surface area contributed by atoms with Crippen LogP contribution in [0.3, 0.4) is 0 Å². The molecule has 8 heteroatoms. The van der Waals surface area contributed by atoms with E-state index in [0.29, 0.717) is 13.0 Å². The van der Waals surface area contributed by atoms with Crippen molar-refractivity contribution in [1.29, 1.82) is 0 Å². The minimum atomic E-state index is -0.677. The summed E-state index contributed by atoms with van der Waals surface area (Å²) in [6.45, 7) is 0.636. The van der Waals surface area contributed by atoms with Crippen molar-refractivity contribution in [1.82, 2.24) is 20.5 Å². The van der Waals surface area contributed by atoms with Gasteiger partial charge in [-0.3, -0.25) is 19.5 Å². The highest BCUT2D eigenvalue weighted by atomic mass is 16.5. The molecule has 2 aromatic rings. The fraction of sp³-hybridized carbons (Fsp3) is 0.333. The van der Waals surface area contributed by atoms with Gasteiger partial charge in [0.15, 0.2) is 0 Å². The molecule has 1 aliphatic heterocycles. The number of amides is 4. The van der Waals surface area contributed by atoms with Crippen molar-refractivity contribution in [2.45, 2.75) is 31.8 Å². The third-order valence-electron chi connectivity index (χ3n) is 4.78. The first kappa shape index (κ1) is 20.3. The normalized spacial score (nSPS) is 15.9. The van der Waals surface area contributed by atoms with Crippen molar-refractivity contribution in [3.05, 3.63) is 59.9 Å². The van der Waals surface area contributed by atoms with Crippen LogP contribution in [-0.4, -0.2) is 47.4 Å². The van der Waals surface area contributed by atoms with Crippen LogP contribution < -0.4 is 15.4 Å². The molecule has 1 aromatic carbocycles. The molecule has 0 radical (unpaired) electrons. The van der Waals surface area contributed by atoms with E-state index in [9.17, 15) is 14.4 Å². The van der Waals surface area contributed by atoms with E-state index in [4.69, 9.17) is 4.74 Å². The lowest BCUT2D eigenvalue weighted by atomic mass is 10.1. The molecule has 1 fully saturated rings. The lowest BCUT2D eigenvalue weighted by Gasteiger charge is -2.14. The Morgan fingerprint density at radius 1 is 1.24 bits per heavy atom. The maximum Gasteiger partial charge on any atom is 0.324 e. The molecule has 29 heavy (non-hydrogen) atoms. The number of urea groups is 1. The predicted molar refractivity (Wildman–Crippen MR) is 106 cm³/mol. The van der Waals surface area contributed by atoms with Crippen molar-refractivity contribution in [2.75, 3.05) is 13.7 Å². The van der Waals surface area contributed by atoms with Gasteiger partial charge in [0.25, 0.3) is 5.91 Å². The van der Waals surface area contributed by atoms with E-state index in [2.05, 4.69) is 15.6 Å². The second-order valence-corrected chi connectivity index (χ2v) is 6.73. The number of nitrogens with zero attached hydrogens (tertiary/aromatic N) is 2. The molecule has 0 saturated carbocycles. The summed E-state index contributed by atoms with van der Waals surface area (Å²) in [4.78, 5) is 42.0. The van der Waals surface area contributed by atoms with Crippen LogP contribution >= 0.6 is 0 Å². The van der Waals surface area contributed by atoms with Gasteiger partial charge in [-0.05, 0) is 36.1 Å². The second kappa shape index (κ2) is 9.68. The topological polar surface area (TPSA) is 101 Å². The number of rotatable bonds is 9. The molecular weight excluding hydrogens is 372 g/mol. The maximum absolute atomic E-state index is 12.6. The van der Waals surface area contributed by atoms with Gasteiger partial charge in [0.1, 0.15) is 11.8 Å². The summed E-state index contributed by atoms with van der Waals surface area (Å²) in [5, 5.41) is 5.45. The van der Waals surface area contributed by atoms with E-state index < -0.39 is 12.1 Å². The third-order valence-corrected chi connectivity index (χ3v) is 4.78. The van der Waals surface area contributed by atoms with Crippen molar-refractivity contribution in [3.63, 3.8) is 0 Å². The van der Waals surface area contributed by atoms with Crippen LogP contribution in [0.25, 0.3) is 0 Å². The number of methoxy groups -OCH3 is 1. The summed E-state index contributed by atoms with van der Waals surface area (Å²) >= 11 is 0. The molecule has 3 rings (SSSR count). The Hall–Kier alpha value is -3.42. The minimum Gasteiger partial charge on any atom is -0.496 e. The lowest BCUT2D eigenvalue weighted by Crippen LogP contribution is -2.34. The molecular formula is C21H24N4O4. The molecule has 1 saturated heterocycles. The molecule has 4 amide bonds. The Balaban J connectivity index is 1.46. The molecule has 0 spiro atoms. The molecule has 2 N–H and O–H groups in total. The van der Waals surface area contributed by atoms with E-state index in [1.165, 1.54) is 4.90 Å². The number of aromatic nitrogens is 1. The van der Waals surface area contributed by atoms with Crippen LogP contribution in [0.4, 0.5) is 4.79 Å². The summed E-state index contributed by atoms with van der Waals surface area (Å²) in [6, 6.07) is 10.1. The average molecular weight is 396 g/mol. The smallest absolute Gasteiger partial charge is 0.324 e. The Morgan fingerprint density at radius 3 is 2.83 bits per heavy atom. The fourth-order valence-electron chi connectivity index (χ4n) is 3.19. The quantitative estimate of drug-likeness (QED) is 0.628. The Kier molecular flexibility index (Phi) is 6.78. The Bertz CT molecular complexity index is 872. The van der Waals surface area contributed by atoms with Crippen LogP contribution in [0, 0.1) is 0 Å². The van der Waals surface area contributed by atoms with Crippen LogP contribution in [0.1, 0.15) is 24.0 Å². The molecule has 1 aromatic heterocycles. The van der Waals surface area contributed by atoms with Gasteiger partial charge in [-0.25, -0.2) is 4.79 Å². The van der Waals surface area contributed by atoms with E-state index in [0.717, 1.165) is 16.9 Å². The molecule has 8 nitrogen and oxygen atoms in total. The summed E-state index contributed by atoms with van der Waals surface area (Å²) in [6.07, 6.45) is 4.26. The van der Waals surface area contributed by atoms with E-state index >= 15 is 0 Å². The number of carbonyl (C=O) groups is 3. The molecule has 1 atom stereocenters. The number of ether oxygens (including phenoxy) is 1. The number of nitrogens with one attached hydrogen (secondary N) is 2. The van der Waals surface area contributed by atoms with Gasteiger partial charge in [0.05, 0.1) is 7.11 Å². The largest absolute Gasteiger partial charge is 0.496 e. The van der Waals surface area contributed by atoms with Gasteiger partial charge < -0.3 is 15.4 Å². The average Bonchev–Trinajstić information content (AvgIpc) is 3.02. The van der Waals surface area contributed by atoms with Crippen molar-refractivity contribution in [2.24, 2.45) is 0 Å². The summed E-state index contributed by atoms with van der Waals surface area (Å²) < 4.78 is 5.30. The Morgan fingerprint density at radius 2 is 2.07 bits per heavy atom. The third kappa shape index (κ3) is 5.31. The van der Waals surface area contributed by atoms with E-state index in [1.54, 1.807) is 25.6 Å². The van der Waals surface area contributed by atoms with Gasteiger partial charge in [0, 0.05) is 31.9 Å². The van der Waals surface area contributed by atoms with Crippen molar-refractivity contribution >= 4 is 17.8 Å². The van der Waals surface area contributed by atoms with E-state index in [1.807, 2.05) is 30.3 Å². The number of hydrogen-bond acceptors (Lipinski definition) is 5. The number of benzene rings is 1. The van der Waals surface area contributed by atoms with Gasteiger partial charge in [-0.1, -0.05) is 24.3 Å². The second-order valence-electron chi connectivity index (χ2n) is 6.73. The maximum atomic E-state index is 12.6.